The Labute approximate surface area is 105 Å². The highest BCUT2D eigenvalue weighted by Gasteiger charge is 2.35. The van der Waals surface area contributed by atoms with Crippen molar-refractivity contribution in [2.45, 2.75) is 39.5 Å². The molecule has 0 aliphatic heterocycles. The molecule has 102 valence electrons. The number of nitrogen functional groups attached to an aromatic ring is 1. The molecule has 2 N–H and O–H groups in total. The van der Waals surface area contributed by atoms with Crippen LogP contribution in [-0.2, 0) is 6.18 Å². The number of nitrogens with two attached hydrogens (primary N) is 1. The zero-order valence-corrected chi connectivity index (χ0v) is 10.7. The molecule has 0 fully saturated rings. The molecule has 1 rings (SSSR count). The van der Waals surface area contributed by atoms with Crippen molar-refractivity contribution < 1.29 is 17.9 Å². The molecule has 0 spiro atoms. The number of ether oxygens (including phenoxy) is 1. The summed E-state index contributed by atoms with van der Waals surface area (Å²) in [5, 5.41) is 0. The molecule has 5 heteroatoms. The van der Waals surface area contributed by atoms with Gasteiger partial charge in [0.1, 0.15) is 5.75 Å². The quantitative estimate of drug-likeness (QED) is 0.828. The van der Waals surface area contributed by atoms with Crippen LogP contribution < -0.4 is 10.5 Å². The highest BCUT2D eigenvalue weighted by atomic mass is 19.4. The summed E-state index contributed by atoms with van der Waals surface area (Å²) >= 11 is 0. The van der Waals surface area contributed by atoms with E-state index in [-0.39, 0.29) is 17.5 Å². The molecule has 0 aromatic heterocycles. The fraction of sp³-hybridized carbons (Fsp3) is 0.538. The van der Waals surface area contributed by atoms with Crippen LogP contribution in [0.15, 0.2) is 18.2 Å². The second kappa shape index (κ2) is 5.50. The third kappa shape index (κ3) is 4.13. The molecule has 0 heterocycles. The van der Waals surface area contributed by atoms with Gasteiger partial charge in [0.05, 0.1) is 11.7 Å². The van der Waals surface area contributed by atoms with Crippen LogP contribution >= 0.6 is 0 Å². The van der Waals surface area contributed by atoms with Crippen molar-refractivity contribution in [3.63, 3.8) is 0 Å². The predicted molar refractivity (Wildman–Crippen MR) is 65.4 cm³/mol. The van der Waals surface area contributed by atoms with Gasteiger partial charge in [-0.1, -0.05) is 13.8 Å². The lowest BCUT2D eigenvalue weighted by Gasteiger charge is -2.20. The molecule has 2 nitrogen and oxygen atoms in total. The minimum atomic E-state index is -4.46. The highest BCUT2D eigenvalue weighted by molar-refractivity contribution is 5.49. The number of benzene rings is 1. The van der Waals surface area contributed by atoms with E-state index in [1.54, 1.807) is 6.92 Å². The summed E-state index contributed by atoms with van der Waals surface area (Å²) in [6, 6.07) is 3.58. The average molecular weight is 261 g/mol. The van der Waals surface area contributed by atoms with E-state index in [1.807, 2.05) is 13.8 Å². The number of rotatable bonds is 4. The van der Waals surface area contributed by atoms with Crippen molar-refractivity contribution in [2.24, 2.45) is 5.92 Å². The Morgan fingerprint density at radius 3 is 2.33 bits per heavy atom. The van der Waals surface area contributed by atoms with Crippen LogP contribution in [0.25, 0.3) is 0 Å². The van der Waals surface area contributed by atoms with E-state index < -0.39 is 11.7 Å². The Morgan fingerprint density at radius 1 is 1.22 bits per heavy atom. The van der Waals surface area contributed by atoms with Gasteiger partial charge in [0.25, 0.3) is 0 Å². The van der Waals surface area contributed by atoms with Crippen molar-refractivity contribution in [3.8, 4) is 5.75 Å². The second-order valence-corrected chi connectivity index (χ2v) is 4.81. The van der Waals surface area contributed by atoms with Crippen LogP contribution in [-0.4, -0.2) is 6.10 Å². The molecule has 0 radical (unpaired) electrons. The van der Waals surface area contributed by atoms with E-state index in [4.69, 9.17) is 10.5 Å². The summed E-state index contributed by atoms with van der Waals surface area (Å²) < 4.78 is 43.8. The molecule has 1 unspecified atom stereocenters. The van der Waals surface area contributed by atoms with Gasteiger partial charge in [-0.15, -0.1) is 0 Å². The molecule has 0 amide bonds. The van der Waals surface area contributed by atoms with Gasteiger partial charge in [0.2, 0.25) is 0 Å². The number of hydrogen-bond donors (Lipinski definition) is 1. The van der Waals surface area contributed by atoms with Gasteiger partial charge in [0.15, 0.2) is 0 Å². The Hall–Kier alpha value is -1.39. The molecule has 0 aliphatic rings. The maximum absolute atomic E-state index is 12.8. The van der Waals surface area contributed by atoms with E-state index >= 15 is 0 Å². The summed E-state index contributed by atoms with van der Waals surface area (Å²) in [7, 11) is 0. The van der Waals surface area contributed by atoms with Gasteiger partial charge in [-0.3, -0.25) is 0 Å². The monoisotopic (exact) mass is 261 g/mol. The maximum atomic E-state index is 12.8. The highest BCUT2D eigenvalue weighted by Crippen LogP contribution is 2.38. The van der Waals surface area contributed by atoms with Crippen LogP contribution in [0.3, 0.4) is 0 Å². The lowest BCUT2D eigenvalue weighted by atomic mass is 10.1. The summed E-state index contributed by atoms with van der Waals surface area (Å²) in [6.45, 7) is 5.75. The van der Waals surface area contributed by atoms with Crippen molar-refractivity contribution >= 4 is 5.69 Å². The Kier molecular flexibility index (Phi) is 4.48. The van der Waals surface area contributed by atoms with Gasteiger partial charge in [-0.25, -0.2) is 0 Å². The van der Waals surface area contributed by atoms with Crippen LogP contribution in [0, 0.1) is 5.92 Å². The third-order valence-corrected chi connectivity index (χ3v) is 2.44. The molecular weight excluding hydrogens is 243 g/mol. The lowest BCUT2D eigenvalue weighted by Crippen LogP contribution is -2.17. The van der Waals surface area contributed by atoms with Crippen molar-refractivity contribution in [1.82, 2.24) is 0 Å². The summed E-state index contributed by atoms with van der Waals surface area (Å²) in [5.41, 5.74) is 4.63. The molecule has 0 bridgehead atoms. The van der Waals surface area contributed by atoms with Gasteiger partial charge >= 0.3 is 6.18 Å². The minimum Gasteiger partial charge on any atom is -0.490 e. The Balaban J connectivity index is 2.95. The van der Waals surface area contributed by atoms with Crippen LogP contribution in [0.2, 0.25) is 0 Å². The molecule has 0 saturated carbocycles. The Morgan fingerprint density at radius 2 is 1.83 bits per heavy atom. The van der Waals surface area contributed by atoms with Gasteiger partial charge in [0, 0.05) is 5.69 Å². The zero-order valence-electron chi connectivity index (χ0n) is 10.7. The topological polar surface area (TPSA) is 35.2 Å². The van der Waals surface area contributed by atoms with E-state index in [2.05, 4.69) is 0 Å². The Bertz CT molecular complexity index is 402. The smallest absolute Gasteiger partial charge is 0.420 e. The maximum Gasteiger partial charge on any atom is 0.420 e. The number of alkyl halides is 3. The first-order valence-corrected chi connectivity index (χ1v) is 5.83. The normalized spacial score (nSPS) is 13.7. The molecule has 18 heavy (non-hydrogen) atoms. The lowest BCUT2D eigenvalue weighted by molar-refractivity contribution is -0.139. The van der Waals surface area contributed by atoms with E-state index in [0.717, 1.165) is 6.07 Å². The number of anilines is 1. The van der Waals surface area contributed by atoms with E-state index in [0.29, 0.717) is 12.3 Å². The van der Waals surface area contributed by atoms with Gasteiger partial charge < -0.3 is 10.5 Å². The van der Waals surface area contributed by atoms with Gasteiger partial charge in [-0.2, -0.15) is 13.2 Å². The second-order valence-electron chi connectivity index (χ2n) is 4.81. The fourth-order valence-electron chi connectivity index (χ4n) is 1.80. The fourth-order valence-corrected chi connectivity index (χ4v) is 1.80. The van der Waals surface area contributed by atoms with Crippen LogP contribution in [0.5, 0.6) is 5.75 Å². The molecular formula is C13H18F3NO. The summed E-state index contributed by atoms with van der Waals surface area (Å²) in [5.74, 6) is 0.202. The van der Waals surface area contributed by atoms with Crippen molar-refractivity contribution in [1.29, 1.82) is 0 Å². The molecule has 1 atom stereocenters. The average Bonchev–Trinajstić information content (AvgIpc) is 2.17. The van der Waals surface area contributed by atoms with Gasteiger partial charge in [-0.05, 0) is 37.5 Å². The number of hydrogen-bond acceptors (Lipinski definition) is 2. The number of halogens is 3. The third-order valence-electron chi connectivity index (χ3n) is 2.44. The summed E-state index contributed by atoms with van der Waals surface area (Å²) in [4.78, 5) is 0. The van der Waals surface area contributed by atoms with E-state index in [1.165, 1.54) is 12.1 Å². The first kappa shape index (κ1) is 14.7. The SMILES string of the molecule is CC(C)CC(C)Oc1ccc(N)cc1C(F)(F)F. The van der Waals surface area contributed by atoms with Crippen LogP contribution in [0.4, 0.5) is 18.9 Å². The standard InChI is InChI=1S/C13H18F3NO/c1-8(2)6-9(3)18-12-5-4-10(17)7-11(12)13(14,15)16/h4-5,7-9H,6,17H2,1-3H3. The first-order chi connectivity index (χ1) is 8.20. The largest absolute Gasteiger partial charge is 0.490 e. The molecule has 1 aromatic carbocycles. The van der Waals surface area contributed by atoms with E-state index in [9.17, 15) is 13.2 Å². The molecule has 0 aliphatic carbocycles. The van der Waals surface area contributed by atoms with Crippen molar-refractivity contribution in [3.05, 3.63) is 23.8 Å². The summed E-state index contributed by atoms with van der Waals surface area (Å²) in [6.07, 6.45) is -4.03. The molecule has 1 aromatic rings. The zero-order chi connectivity index (χ0) is 13.9. The van der Waals surface area contributed by atoms with Crippen molar-refractivity contribution in [2.75, 3.05) is 5.73 Å². The first-order valence-electron chi connectivity index (χ1n) is 5.83. The minimum absolute atomic E-state index is 0.0752. The molecule has 0 saturated heterocycles. The predicted octanol–water partition coefficient (Wildman–Crippen LogP) is 4.10. The van der Waals surface area contributed by atoms with Crippen LogP contribution in [0.1, 0.15) is 32.8 Å².